The van der Waals surface area contributed by atoms with Crippen molar-refractivity contribution in [1.29, 1.82) is 0 Å². The fraction of sp³-hybridized carbons (Fsp3) is 0.353. The number of halogens is 1. The molecule has 1 amide bonds. The number of alkyl halides is 1. The molecule has 0 fully saturated rings. The molecule has 0 radical (unpaired) electrons. The van der Waals surface area contributed by atoms with Crippen molar-refractivity contribution in [2.45, 2.75) is 26.1 Å². The summed E-state index contributed by atoms with van der Waals surface area (Å²) < 4.78 is 11.1. The van der Waals surface area contributed by atoms with Crippen molar-refractivity contribution in [3.8, 4) is 5.75 Å². The zero-order valence-corrected chi connectivity index (χ0v) is 13.6. The van der Waals surface area contributed by atoms with Crippen LogP contribution in [0.4, 0.5) is 0 Å². The van der Waals surface area contributed by atoms with Gasteiger partial charge in [-0.15, -0.1) is 11.6 Å². The van der Waals surface area contributed by atoms with Crippen LogP contribution in [0, 0.1) is 6.92 Å². The minimum Gasteiger partial charge on any atom is -0.491 e. The van der Waals surface area contributed by atoms with E-state index < -0.39 is 0 Å². The van der Waals surface area contributed by atoms with Gasteiger partial charge in [0.1, 0.15) is 18.1 Å². The topological polar surface area (TPSA) is 51.5 Å². The van der Waals surface area contributed by atoms with Crippen LogP contribution < -0.4 is 10.1 Å². The van der Waals surface area contributed by atoms with Crippen molar-refractivity contribution < 1.29 is 13.9 Å². The van der Waals surface area contributed by atoms with E-state index in [9.17, 15) is 4.79 Å². The molecule has 0 bridgehead atoms. The summed E-state index contributed by atoms with van der Waals surface area (Å²) in [6.07, 6.45) is 0.912. The van der Waals surface area contributed by atoms with Crippen molar-refractivity contribution >= 4 is 17.5 Å². The van der Waals surface area contributed by atoms with Crippen LogP contribution >= 0.6 is 11.6 Å². The van der Waals surface area contributed by atoms with Gasteiger partial charge in [0.15, 0.2) is 5.76 Å². The maximum atomic E-state index is 12.0. The van der Waals surface area contributed by atoms with Crippen molar-refractivity contribution in [3.63, 3.8) is 0 Å². The molecule has 0 spiro atoms. The number of carbonyl (C=O) groups excluding carboxylic acids is 1. The first-order chi connectivity index (χ1) is 10.7. The van der Waals surface area contributed by atoms with Crippen molar-refractivity contribution in [2.24, 2.45) is 0 Å². The summed E-state index contributed by atoms with van der Waals surface area (Å²) in [7, 11) is 0. The Labute approximate surface area is 135 Å². The lowest BCUT2D eigenvalue weighted by molar-refractivity contribution is 0.0918. The Bertz CT molecular complexity index is 637. The van der Waals surface area contributed by atoms with Gasteiger partial charge in [0.2, 0.25) is 0 Å². The minimum absolute atomic E-state index is 0.258. The molecule has 0 unspecified atom stereocenters. The molecule has 1 aromatic carbocycles. The van der Waals surface area contributed by atoms with E-state index in [0.29, 0.717) is 24.8 Å². The monoisotopic (exact) mass is 321 g/mol. The Morgan fingerprint density at radius 2 is 2.09 bits per heavy atom. The molecule has 1 N–H and O–H groups in total. The summed E-state index contributed by atoms with van der Waals surface area (Å²) in [4.78, 5) is 12.0. The van der Waals surface area contributed by atoms with Gasteiger partial charge in [0.25, 0.3) is 5.91 Å². The highest BCUT2D eigenvalue weighted by molar-refractivity contribution is 6.17. The maximum Gasteiger partial charge on any atom is 0.287 e. The van der Waals surface area contributed by atoms with Crippen molar-refractivity contribution in [1.82, 2.24) is 5.32 Å². The Hall–Kier alpha value is -1.94. The van der Waals surface area contributed by atoms with Crippen LogP contribution in [0.3, 0.4) is 0 Å². The SMILES string of the molecule is CCc1ccccc1OCCNC(=O)c1cc(CCl)c(C)o1. The summed E-state index contributed by atoms with van der Waals surface area (Å²) in [5, 5.41) is 2.77. The number of hydrogen-bond acceptors (Lipinski definition) is 3. The van der Waals surface area contributed by atoms with Gasteiger partial charge in [-0.1, -0.05) is 25.1 Å². The summed E-state index contributed by atoms with van der Waals surface area (Å²) in [5.41, 5.74) is 1.99. The van der Waals surface area contributed by atoms with E-state index in [0.717, 1.165) is 23.3 Å². The molecule has 1 aromatic heterocycles. The van der Waals surface area contributed by atoms with E-state index in [1.165, 1.54) is 0 Å². The molecule has 1 heterocycles. The van der Waals surface area contributed by atoms with E-state index in [2.05, 4.69) is 12.2 Å². The van der Waals surface area contributed by atoms with Crippen LogP contribution in [0.1, 0.15) is 34.4 Å². The molecule has 2 aromatic rings. The largest absolute Gasteiger partial charge is 0.491 e. The summed E-state index contributed by atoms with van der Waals surface area (Å²) in [5.74, 6) is 1.89. The van der Waals surface area contributed by atoms with Crippen LogP contribution in [0.5, 0.6) is 5.75 Å². The smallest absolute Gasteiger partial charge is 0.287 e. The molecule has 0 saturated heterocycles. The Morgan fingerprint density at radius 3 is 2.77 bits per heavy atom. The van der Waals surface area contributed by atoms with Gasteiger partial charge in [-0.05, 0) is 31.0 Å². The van der Waals surface area contributed by atoms with Crippen LogP contribution in [0.2, 0.25) is 0 Å². The first-order valence-corrected chi connectivity index (χ1v) is 7.83. The number of furan rings is 1. The van der Waals surface area contributed by atoms with Crippen LogP contribution in [-0.4, -0.2) is 19.1 Å². The Balaban J connectivity index is 1.82. The van der Waals surface area contributed by atoms with Gasteiger partial charge in [0, 0.05) is 5.56 Å². The normalized spacial score (nSPS) is 10.5. The van der Waals surface area contributed by atoms with Gasteiger partial charge < -0.3 is 14.5 Å². The predicted octanol–water partition coefficient (Wildman–Crippen LogP) is 3.70. The number of nitrogens with one attached hydrogen (secondary N) is 1. The average Bonchev–Trinajstić information content (AvgIpc) is 2.92. The predicted molar refractivity (Wildman–Crippen MR) is 86.7 cm³/mol. The van der Waals surface area contributed by atoms with E-state index >= 15 is 0 Å². The fourth-order valence-corrected chi connectivity index (χ4v) is 2.38. The van der Waals surface area contributed by atoms with E-state index in [1.807, 2.05) is 24.3 Å². The van der Waals surface area contributed by atoms with Gasteiger partial charge >= 0.3 is 0 Å². The molecule has 0 saturated carbocycles. The number of para-hydroxylation sites is 1. The van der Waals surface area contributed by atoms with E-state index in [1.54, 1.807) is 13.0 Å². The third-order valence-electron chi connectivity index (χ3n) is 3.39. The lowest BCUT2D eigenvalue weighted by atomic mass is 10.1. The third-order valence-corrected chi connectivity index (χ3v) is 3.67. The van der Waals surface area contributed by atoms with Gasteiger partial charge in [0.05, 0.1) is 12.4 Å². The molecular formula is C17H20ClNO3. The molecule has 0 atom stereocenters. The number of carbonyl (C=O) groups is 1. The number of amides is 1. The fourth-order valence-electron chi connectivity index (χ4n) is 2.11. The molecule has 0 aliphatic rings. The zero-order valence-electron chi connectivity index (χ0n) is 12.8. The van der Waals surface area contributed by atoms with E-state index in [4.69, 9.17) is 20.8 Å². The summed E-state index contributed by atoms with van der Waals surface area (Å²) in [6.45, 7) is 4.69. The van der Waals surface area contributed by atoms with Crippen LogP contribution in [-0.2, 0) is 12.3 Å². The molecule has 22 heavy (non-hydrogen) atoms. The quantitative estimate of drug-likeness (QED) is 0.625. The molecular weight excluding hydrogens is 302 g/mol. The maximum absolute atomic E-state index is 12.0. The summed E-state index contributed by atoms with van der Waals surface area (Å²) >= 11 is 5.76. The molecule has 0 aliphatic carbocycles. The van der Waals surface area contributed by atoms with Gasteiger partial charge in [-0.25, -0.2) is 0 Å². The molecule has 5 heteroatoms. The highest BCUT2D eigenvalue weighted by atomic mass is 35.5. The summed E-state index contributed by atoms with van der Waals surface area (Å²) in [6, 6.07) is 9.56. The van der Waals surface area contributed by atoms with Crippen LogP contribution in [0.25, 0.3) is 0 Å². The molecule has 4 nitrogen and oxygen atoms in total. The van der Waals surface area contributed by atoms with Gasteiger partial charge in [-0.2, -0.15) is 0 Å². The second kappa shape index (κ2) is 7.90. The molecule has 118 valence electrons. The molecule has 2 rings (SSSR count). The number of benzene rings is 1. The van der Waals surface area contributed by atoms with E-state index in [-0.39, 0.29) is 11.7 Å². The zero-order chi connectivity index (χ0) is 15.9. The Morgan fingerprint density at radius 1 is 1.32 bits per heavy atom. The lowest BCUT2D eigenvalue weighted by Crippen LogP contribution is -2.27. The standard InChI is InChI=1S/C17H20ClNO3/c1-3-13-6-4-5-7-15(13)21-9-8-19-17(20)16-10-14(11-18)12(2)22-16/h4-7,10H,3,8-9,11H2,1-2H3,(H,19,20). The second-order valence-corrected chi connectivity index (χ2v) is 5.16. The minimum atomic E-state index is -0.258. The number of ether oxygens (including phenoxy) is 1. The highest BCUT2D eigenvalue weighted by Crippen LogP contribution is 2.18. The third kappa shape index (κ3) is 4.04. The van der Waals surface area contributed by atoms with Crippen LogP contribution in [0.15, 0.2) is 34.7 Å². The number of rotatable bonds is 7. The van der Waals surface area contributed by atoms with Crippen molar-refractivity contribution in [3.05, 3.63) is 53.0 Å². The van der Waals surface area contributed by atoms with Crippen molar-refractivity contribution in [2.75, 3.05) is 13.2 Å². The highest BCUT2D eigenvalue weighted by Gasteiger charge is 2.13. The first kappa shape index (κ1) is 16.4. The average molecular weight is 322 g/mol. The lowest BCUT2D eigenvalue weighted by Gasteiger charge is -2.10. The first-order valence-electron chi connectivity index (χ1n) is 7.29. The van der Waals surface area contributed by atoms with Gasteiger partial charge in [-0.3, -0.25) is 4.79 Å². The number of hydrogen-bond donors (Lipinski definition) is 1. The molecule has 0 aliphatic heterocycles. The Kier molecular flexibility index (Phi) is 5.90. The second-order valence-electron chi connectivity index (χ2n) is 4.89. The number of aryl methyl sites for hydroxylation is 2.